The molecule has 6 heteroatoms. The van der Waals surface area contributed by atoms with Crippen LogP contribution in [0.3, 0.4) is 0 Å². The molecule has 1 aromatic carbocycles. The molecule has 2 N–H and O–H groups in total. The smallest absolute Gasteiger partial charge is 0.186 e. The number of ether oxygens (including phenoxy) is 4. The number of methoxy groups -OCH3 is 2. The Morgan fingerprint density at radius 1 is 1.10 bits per heavy atom. The lowest BCUT2D eigenvalue weighted by atomic mass is 9.99. The van der Waals surface area contributed by atoms with Crippen molar-refractivity contribution in [1.29, 1.82) is 0 Å². The lowest BCUT2D eigenvalue weighted by Crippen LogP contribution is -2.58. The summed E-state index contributed by atoms with van der Waals surface area (Å²) in [5, 5.41) is 20.2. The highest BCUT2D eigenvalue weighted by Gasteiger charge is 2.43. The van der Waals surface area contributed by atoms with Crippen LogP contribution in [0, 0.1) is 0 Å². The molecular formula is C15H22O6. The molecule has 0 saturated carbocycles. The van der Waals surface area contributed by atoms with E-state index in [4.69, 9.17) is 18.9 Å². The normalized spacial score (nSPS) is 32.9. The molecule has 0 aromatic heterocycles. The second-order valence-electron chi connectivity index (χ2n) is 5.05. The molecule has 0 bridgehead atoms. The van der Waals surface area contributed by atoms with Crippen molar-refractivity contribution in [3.05, 3.63) is 29.8 Å². The van der Waals surface area contributed by atoms with Gasteiger partial charge in [-0.15, -0.1) is 0 Å². The van der Waals surface area contributed by atoms with E-state index < -0.39 is 30.7 Å². The van der Waals surface area contributed by atoms with Crippen molar-refractivity contribution < 1.29 is 29.2 Å². The van der Waals surface area contributed by atoms with Crippen LogP contribution in [0.2, 0.25) is 0 Å². The molecule has 0 aliphatic carbocycles. The molecule has 6 nitrogen and oxygen atoms in total. The number of hydrogen-bond acceptors (Lipinski definition) is 6. The number of aliphatic hydroxyl groups excluding tert-OH is 2. The van der Waals surface area contributed by atoms with E-state index in [2.05, 4.69) is 0 Å². The fourth-order valence-corrected chi connectivity index (χ4v) is 2.30. The Bertz CT molecular complexity index is 434. The van der Waals surface area contributed by atoms with Gasteiger partial charge in [-0.2, -0.15) is 0 Å². The third-order valence-corrected chi connectivity index (χ3v) is 3.62. The van der Waals surface area contributed by atoms with Crippen LogP contribution in [0.1, 0.15) is 12.5 Å². The van der Waals surface area contributed by atoms with E-state index in [0.717, 1.165) is 11.3 Å². The summed E-state index contributed by atoms with van der Waals surface area (Å²) >= 11 is 0. The molecule has 1 saturated heterocycles. The second-order valence-corrected chi connectivity index (χ2v) is 5.05. The first-order valence-electron chi connectivity index (χ1n) is 6.85. The molecule has 2 rings (SSSR count). The third kappa shape index (κ3) is 3.72. The average molecular weight is 298 g/mol. The van der Waals surface area contributed by atoms with Gasteiger partial charge in [0.05, 0.1) is 19.8 Å². The predicted molar refractivity (Wildman–Crippen MR) is 74.9 cm³/mol. The van der Waals surface area contributed by atoms with E-state index in [1.807, 2.05) is 24.3 Å². The van der Waals surface area contributed by atoms with Crippen LogP contribution in [0.25, 0.3) is 0 Å². The van der Waals surface area contributed by atoms with E-state index in [0.29, 0.717) is 0 Å². The minimum Gasteiger partial charge on any atom is -0.497 e. The van der Waals surface area contributed by atoms with E-state index >= 15 is 0 Å². The fraction of sp³-hybridized carbons (Fsp3) is 0.600. The molecule has 1 fully saturated rings. The Kier molecular flexibility index (Phi) is 5.55. The van der Waals surface area contributed by atoms with E-state index in [9.17, 15) is 10.2 Å². The first-order valence-corrected chi connectivity index (χ1v) is 6.85. The number of benzene rings is 1. The zero-order valence-electron chi connectivity index (χ0n) is 12.4. The molecule has 0 unspecified atom stereocenters. The maximum absolute atomic E-state index is 10.1. The first-order chi connectivity index (χ1) is 10.1. The predicted octanol–water partition coefficient (Wildman–Crippen LogP) is 0.693. The van der Waals surface area contributed by atoms with Crippen molar-refractivity contribution in [2.75, 3.05) is 14.2 Å². The SMILES string of the molecule is COc1ccc(CO[C@@H]2[C@@H](O)[C@H](C)O[C@@H](OC)[C@@H]2O)cc1. The number of aliphatic hydroxyl groups is 2. The Morgan fingerprint density at radius 3 is 2.33 bits per heavy atom. The summed E-state index contributed by atoms with van der Waals surface area (Å²) in [4.78, 5) is 0. The standard InChI is InChI=1S/C15H22O6/c1-9-12(16)14(13(17)15(19-3)21-9)20-8-10-4-6-11(18-2)7-5-10/h4-7,9,12-17H,8H2,1-3H3/t9-,12-,13+,14+,15+/m0/s1. The molecule has 21 heavy (non-hydrogen) atoms. The van der Waals surface area contributed by atoms with Crippen LogP contribution in [0.5, 0.6) is 5.75 Å². The zero-order chi connectivity index (χ0) is 15.4. The topological polar surface area (TPSA) is 77.4 Å². The second kappa shape index (κ2) is 7.20. The molecule has 0 amide bonds. The zero-order valence-corrected chi connectivity index (χ0v) is 12.4. The summed E-state index contributed by atoms with van der Waals surface area (Å²) in [5.41, 5.74) is 0.920. The van der Waals surface area contributed by atoms with E-state index in [1.165, 1.54) is 7.11 Å². The van der Waals surface area contributed by atoms with Gasteiger partial charge in [0.25, 0.3) is 0 Å². The Hall–Kier alpha value is -1.18. The molecule has 1 heterocycles. The lowest BCUT2D eigenvalue weighted by Gasteiger charge is -2.40. The summed E-state index contributed by atoms with van der Waals surface area (Å²) in [6.45, 7) is 1.98. The van der Waals surface area contributed by atoms with Crippen molar-refractivity contribution in [2.45, 2.75) is 44.2 Å². The van der Waals surface area contributed by atoms with Crippen LogP contribution in [0.4, 0.5) is 0 Å². The summed E-state index contributed by atoms with van der Waals surface area (Å²) in [5.74, 6) is 0.762. The van der Waals surface area contributed by atoms with Crippen molar-refractivity contribution in [2.24, 2.45) is 0 Å². The maximum atomic E-state index is 10.1. The highest BCUT2D eigenvalue weighted by molar-refractivity contribution is 5.26. The van der Waals surface area contributed by atoms with Gasteiger partial charge < -0.3 is 29.2 Å². The van der Waals surface area contributed by atoms with E-state index in [1.54, 1.807) is 14.0 Å². The van der Waals surface area contributed by atoms with Crippen molar-refractivity contribution in [3.63, 3.8) is 0 Å². The van der Waals surface area contributed by atoms with Crippen LogP contribution < -0.4 is 4.74 Å². The third-order valence-electron chi connectivity index (χ3n) is 3.62. The van der Waals surface area contributed by atoms with Gasteiger partial charge in [0, 0.05) is 7.11 Å². The highest BCUT2D eigenvalue weighted by Crippen LogP contribution is 2.25. The maximum Gasteiger partial charge on any atom is 0.186 e. The fourth-order valence-electron chi connectivity index (χ4n) is 2.30. The van der Waals surface area contributed by atoms with Crippen molar-refractivity contribution in [3.8, 4) is 5.75 Å². The van der Waals surface area contributed by atoms with Crippen LogP contribution in [-0.2, 0) is 20.8 Å². The minimum atomic E-state index is -1.04. The number of hydrogen-bond donors (Lipinski definition) is 2. The first kappa shape index (κ1) is 16.2. The van der Waals surface area contributed by atoms with Gasteiger partial charge in [-0.1, -0.05) is 12.1 Å². The van der Waals surface area contributed by atoms with Crippen LogP contribution in [0.15, 0.2) is 24.3 Å². The van der Waals surface area contributed by atoms with Gasteiger partial charge in [-0.25, -0.2) is 0 Å². The Balaban J connectivity index is 1.98. The Morgan fingerprint density at radius 2 is 1.76 bits per heavy atom. The minimum absolute atomic E-state index is 0.270. The van der Waals surface area contributed by atoms with Gasteiger partial charge in [-0.05, 0) is 24.6 Å². The molecule has 0 radical (unpaired) electrons. The van der Waals surface area contributed by atoms with Crippen LogP contribution >= 0.6 is 0 Å². The van der Waals surface area contributed by atoms with Crippen molar-refractivity contribution in [1.82, 2.24) is 0 Å². The van der Waals surface area contributed by atoms with Crippen LogP contribution in [-0.4, -0.2) is 55.1 Å². The van der Waals surface area contributed by atoms with Gasteiger partial charge in [-0.3, -0.25) is 0 Å². The molecular weight excluding hydrogens is 276 g/mol. The highest BCUT2D eigenvalue weighted by atomic mass is 16.7. The molecule has 0 spiro atoms. The van der Waals surface area contributed by atoms with Gasteiger partial charge in [0.2, 0.25) is 0 Å². The monoisotopic (exact) mass is 298 g/mol. The van der Waals surface area contributed by atoms with E-state index in [-0.39, 0.29) is 6.61 Å². The largest absolute Gasteiger partial charge is 0.497 e. The quantitative estimate of drug-likeness (QED) is 0.833. The molecule has 1 aliphatic heterocycles. The molecule has 118 valence electrons. The number of rotatable bonds is 5. The van der Waals surface area contributed by atoms with Gasteiger partial charge in [0.15, 0.2) is 6.29 Å². The summed E-state index contributed by atoms with van der Waals surface area (Å²) in [6.07, 6.45) is -3.99. The summed E-state index contributed by atoms with van der Waals surface area (Å²) in [6, 6.07) is 7.40. The summed E-state index contributed by atoms with van der Waals surface area (Å²) in [7, 11) is 3.05. The lowest BCUT2D eigenvalue weighted by molar-refractivity contribution is -0.295. The summed E-state index contributed by atoms with van der Waals surface area (Å²) < 4.78 is 21.2. The molecule has 1 aliphatic rings. The van der Waals surface area contributed by atoms with Gasteiger partial charge in [0.1, 0.15) is 24.1 Å². The Labute approximate surface area is 124 Å². The van der Waals surface area contributed by atoms with Crippen molar-refractivity contribution >= 4 is 0 Å². The van der Waals surface area contributed by atoms with Gasteiger partial charge >= 0.3 is 0 Å². The molecule has 5 atom stereocenters. The average Bonchev–Trinajstić information content (AvgIpc) is 2.51. The molecule has 1 aromatic rings.